The monoisotopic (exact) mass is 256 g/mol. The smallest absolute Gasteiger partial charge is 0.229 e. The lowest BCUT2D eigenvalue weighted by Crippen LogP contribution is -2.33. The van der Waals surface area contributed by atoms with Gasteiger partial charge in [0.15, 0.2) is 5.82 Å². The van der Waals surface area contributed by atoms with Crippen LogP contribution in [-0.2, 0) is 10.3 Å². The fourth-order valence-electron chi connectivity index (χ4n) is 2.20. The number of anilines is 1. The average Bonchev–Trinajstić information content (AvgIpc) is 2.90. The third kappa shape index (κ3) is 2.20. The zero-order valence-electron chi connectivity index (χ0n) is 11.3. The molecule has 1 fully saturated rings. The van der Waals surface area contributed by atoms with Crippen molar-refractivity contribution in [2.75, 3.05) is 11.4 Å². The SMILES string of the molecule is C#CC1CC(=O)N(c2c(C#N)cnn2C(C)(C)C)C1. The molecule has 1 aromatic heterocycles. The van der Waals surface area contributed by atoms with Gasteiger partial charge < -0.3 is 0 Å². The van der Waals surface area contributed by atoms with Gasteiger partial charge >= 0.3 is 0 Å². The third-order valence-electron chi connectivity index (χ3n) is 3.12. The Morgan fingerprint density at radius 1 is 1.53 bits per heavy atom. The Bertz CT molecular complexity index is 594. The van der Waals surface area contributed by atoms with E-state index in [2.05, 4.69) is 17.1 Å². The van der Waals surface area contributed by atoms with E-state index in [4.69, 9.17) is 6.42 Å². The predicted octanol–water partition coefficient (Wildman–Crippen LogP) is 1.50. The number of carbonyl (C=O) groups is 1. The van der Waals surface area contributed by atoms with Gasteiger partial charge in [0.1, 0.15) is 11.6 Å². The molecule has 0 bridgehead atoms. The number of hydrogen-bond acceptors (Lipinski definition) is 3. The number of nitrogens with zero attached hydrogens (tertiary/aromatic N) is 4. The van der Waals surface area contributed by atoms with Crippen LogP contribution in [0.25, 0.3) is 0 Å². The molecule has 5 nitrogen and oxygen atoms in total. The largest absolute Gasteiger partial charge is 0.295 e. The van der Waals surface area contributed by atoms with Crippen LogP contribution in [0.15, 0.2) is 6.20 Å². The lowest BCUT2D eigenvalue weighted by molar-refractivity contribution is -0.117. The first kappa shape index (κ1) is 13.2. The summed E-state index contributed by atoms with van der Waals surface area (Å²) in [4.78, 5) is 13.7. The molecule has 5 heteroatoms. The predicted molar refractivity (Wildman–Crippen MR) is 71.2 cm³/mol. The normalized spacial score (nSPS) is 19.3. The fraction of sp³-hybridized carbons (Fsp3) is 0.500. The van der Waals surface area contributed by atoms with Crippen molar-refractivity contribution in [2.45, 2.75) is 32.7 Å². The summed E-state index contributed by atoms with van der Waals surface area (Å²) >= 11 is 0. The quantitative estimate of drug-likeness (QED) is 0.715. The number of rotatable bonds is 1. The number of aromatic nitrogens is 2. The molecule has 1 saturated heterocycles. The Morgan fingerprint density at radius 2 is 2.21 bits per heavy atom. The summed E-state index contributed by atoms with van der Waals surface area (Å²) in [6.45, 7) is 6.38. The Hall–Kier alpha value is -2.27. The molecule has 1 amide bonds. The molecule has 1 aromatic rings. The summed E-state index contributed by atoms with van der Waals surface area (Å²) in [5.74, 6) is 3.01. The number of nitriles is 1. The molecule has 0 N–H and O–H groups in total. The molecule has 1 aliphatic heterocycles. The van der Waals surface area contributed by atoms with Crippen molar-refractivity contribution in [3.8, 4) is 18.4 Å². The second-order valence-corrected chi connectivity index (χ2v) is 5.65. The van der Waals surface area contributed by atoms with E-state index in [0.717, 1.165) is 0 Å². The summed E-state index contributed by atoms with van der Waals surface area (Å²) in [7, 11) is 0. The lowest BCUT2D eigenvalue weighted by atomic mass is 10.1. The van der Waals surface area contributed by atoms with E-state index < -0.39 is 0 Å². The van der Waals surface area contributed by atoms with Crippen molar-refractivity contribution in [1.29, 1.82) is 5.26 Å². The van der Waals surface area contributed by atoms with E-state index in [1.807, 2.05) is 20.8 Å². The van der Waals surface area contributed by atoms with Crippen molar-refractivity contribution >= 4 is 11.7 Å². The highest BCUT2D eigenvalue weighted by molar-refractivity contribution is 5.96. The van der Waals surface area contributed by atoms with Crippen molar-refractivity contribution in [2.24, 2.45) is 5.92 Å². The van der Waals surface area contributed by atoms with Crippen LogP contribution in [0.2, 0.25) is 0 Å². The maximum atomic E-state index is 12.1. The molecular formula is C14H16N4O. The Morgan fingerprint density at radius 3 is 2.68 bits per heavy atom. The molecule has 1 atom stereocenters. The standard InChI is InChI=1S/C14H16N4O/c1-5-10-6-12(19)17(9-10)13-11(7-15)8-16-18(13)14(2,3)4/h1,8,10H,6,9H2,2-4H3. The van der Waals surface area contributed by atoms with Crippen LogP contribution < -0.4 is 4.90 Å². The molecular weight excluding hydrogens is 240 g/mol. The van der Waals surface area contributed by atoms with E-state index in [1.54, 1.807) is 9.58 Å². The topological polar surface area (TPSA) is 61.9 Å². The summed E-state index contributed by atoms with van der Waals surface area (Å²) in [5, 5.41) is 13.4. The molecule has 2 heterocycles. The van der Waals surface area contributed by atoms with Gasteiger partial charge in [0.2, 0.25) is 5.91 Å². The molecule has 0 spiro atoms. The van der Waals surface area contributed by atoms with Crippen LogP contribution >= 0.6 is 0 Å². The second-order valence-electron chi connectivity index (χ2n) is 5.65. The van der Waals surface area contributed by atoms with Crippen LogP contribution in [0.5, 0.6) is 0 Å². The fourth-order valence-corrected chi connectivity index (χ4v) is 2.20. The van der Waals surface area contributed by atoms with Gasteiger partial charge in [-0.15, -0.1) is 12.3 Å². The molecule has 0 aliphatic carbocycles. The minimum Gasteiger partial charge on any atom is -0.295 e. The molecule has 0 saturated carbocycles. The highest BCUT2D eigenvalue weighted by Crippen LogP contribution is 2.31. The summed E-state index contributed by atoms with van der Waals surface area (Å²) in [6.07, 6.45) is 7.22. The Balaban J connectivity index is 2.51. The van der Waals surface area contributed by atoms with Crippen LogP contribution in [0.4, 0.5) is 5.82 Å². The van der Waals surface area contributed by atoms with Gasteiger partial charge in [-0.1, -0.05) is 0 Å². The maximum Gasteiger partial charge on any atom is 0.229 e. The van der Waals surface area contributed by atoms with Crippen LogP contribution in [0.3, 0.4) is 0 Å². The number of hydrogen-bond donors (Lipinski definition) is 0. The second kappa shape index (κ2) is 4.44. The van der Waals surface area contributed by atoms with E-state index in [-0.39, 0.29) is 17.4 Å². The zero-order valence-corrected chi connectivity index (χ0v) is 11.3. The lowest BCUT2D eigenvalue weighted by Gasteiger charge is -2.26. The first-order valence-corrected chi connectivity index (χ1v) is 6.13. The summed E-state index contributed by atoms with van der Waals surface area (Å²) < 4.78 is 1.71. The molecule has 19 heavy (non-hydrogen) atoms. The van der Waals surface area contributed by atoms with E-state index in [0.29, 0.717) is 24.3 Å². The minimum atomic E-state index is -0.307. The minimum absolute atomic E-state index is 0.0505. The summed E-state index contributed by atoms with van der Waals surface area (Å²) in [5.41, 5.74) is 0.0971. The van der Waals surface area contributed by atoms with Crippen LogP contribution in [-0.4, -0.2) is 22.2 Å². The maximum absolute atomic E-state index is 12.1. The summed E-state index contributed by atoms with van der Waals surface area (Å²) in [6, 6.07) is 2.09. The molecule has 1 unspecified atom stereocenters. The van der Waals surface area contributed by atoms with Crippen molar-refractivity contribution in [1.82, 2.24) is 9.78 Å². The van der Waals surface area contributed by atoms with Crippen LogP contribution in [0, 0.1) is 29.6 Å². The first-order valence-electron chi connectivity index (χ1n) is 6.13. The van der Waals surface area contributed by atoms with Crippen molar-refractivity contribution in [3.05, 3.63) is 11.8 Å². The third-order valence-corrected chi connectivity index (χ3v) is 3.12. The number of carbonyl (C=O) groups excluding carboxylic acids is 1. The van der Waals surface area contributed by atoms with Gasteiger partial charge in [-0.2, -0.15) is 10.4 Å². The van der Waals surface area contributed by atoms with Gasteiger partial charge in [0.25, 0.3) is 0 Å². The van der Waals surface area contributed by atoms with Gasteiger partial charge in [0.05, 0.1) is 11.7 Å². The Labute approximate surface area is 112 Å². The molecule has 98 valence electrons. The van der Waals surface area contributed by atoms with Crippen molar-refractivity contribution < 1.29 is 4.79 Å². The van der Waals surface area contributed by atoms with Gasteiger partial charge in [-0.05, 0) is 20.8 Å². The van der Waals surface area contributed by atoms with Gasteiger partial charge in [0, 0.05) is 18.9 Å². The molecule has 1 aliphatic rings. The average molecular weight is 256 g/mol. The van der Waals surface area contributed by atoms with E-state index in [1.165, 1.54) is 6.20 Å². The van der Waals surface area contributed by atoms with Crippen LogP contribution in [0.1, 0.15) is 32.8 Å². The number of terminal acetylenes is 1. The van der Waals surface area contributed by atoms with E-state index >= 15 is 0 Å². The number of amides is 1. The van der Waals surface area contributed by atoms with Gasteiger partial charge in [-0.3, -0.25) is 9.69 Å². The van der Waals surface area contributed by atoms with Gasteiger partial charge in [-0.25, -0.2) is 4.68 Å². The van der Waals surface area contributed by atoms with E-state index in [9.17, 15) is 10.1 Å². The molecule has 0 aromatic carbocycles. The highest BCUT2D eigenvalue weighted by atomic mass is 16.2. The first-order chi connectivity index (χ1) is 8.88. The van der Waals surface area contributed by atoms with Crippen molar-refractivity contribution in [3.63, 3.8) is 0 Å². The highest BCUT2D eigenvalue weighted by Gasteiger charge is 2.35. The zero-order chi connectivity index (χ0) is 14.2. The molecule has 0 radical (unpaired) electrons. The Kier molecular flexibility index (Phi) is 3.08. The molecule has 2 rings (SSSR count).